The van der Waals surface area contributed by atoms with Gasteiger partial charge in [-0.25, -0.2) is 4.39 Å². The van der Waals surface area contributed by atoms with Gasteiger partial charge in [0.1, 0.15) is 0 Å². The van der Waals surface area contributed by atoms with Crippen LogP contribution in [0.5, 0.6) is 0 Å². The molecule has 2 aliphatic rings. The van der Waals surface area contributed by atoms with Gasteiger partial charge in [-0.1, -0.05) is 18.9 Å². The van der Waals surface area contributed by atoms with E-state index in [0.717, 1.165) is 83.7 Å². The predicted octanol–water partition coefficient (Wildman–Crippen LogP) is 4.74. The molecular weight excluding hydrogens is 347 g/mol. The summed E-state index contributed by atoms with van der Waals surface area (Å²) in [6.07, 6.45) is 15.9. The fourth-order valence-corrected chi connectivity index (χ4v) is 4.24. The number of aliphatic hydroxyl groups excluding tert-OH is 1. The van der Waals surface area contributed by atoms with Gasteiger partial charge in [0.15, 0.2) is 12.6 Å². The Balaban J connectivity index is 1.57. The fourth-order valence-electron chi connectivity index (χ4n) is 4.24. The average molecular weight is 385 g/mol. The van der Waals surface area contributed by atoms with Crippen molar-refractivity contribution >= 4 is 5.78 Å². The number of halogens is 1. The predicted molar refractivity (Wildman–Crippen MR) is 104 cm³/mol. The van der Waals surface area contributed by atoms with Gasteiger partial charge in [0.2, 0.25) is 0 Å². The molecule has 0 aliphatic heterocycles. The van der Waals surface area contributed by atoms with Gasteiger partial charge in [-0.2, -0.15) is 0 Å². The van der Waals surface area contributed by atoms with Crippen LogP contribution in [0, 0.1) is 11.8 Å². The molecule has 0 aromatic carbocycles. The molecule has 0 saturated heterocycles. The van der Waals surface area contributed by atoms with Crippen LogP contribution >= 0.6 is 0 Å². The van der Waals surface area contributed by atoms with Gasteiger partial charge >= 0.3 is 0 Å². The maximum absolute atomic E-state index is 12.5. The number of ketones is 1. The van der Waals surface area contributed by atoms with Crippen molar-refractivity contribution in [2.24, 2.45) is 11.8 Å². The molecule has 0 bridgehead atoms. The molecule has 2 aliphatic carbocycles. The molecule has 2 rings (SSSR count). The molecule has 5 heteroatoms. The van der Waals surface area contributed by atoms with Crippen LogP contribution < -0.4 is 0 Å². The van der Waals surface area contributed by atoms with Crippen molar-refractivity contribution < 1.29 is 23.8 Å². The third kappa shape index (κ3) is 8.84. The SMILES string of the molecule is O=C(C=CC1CCC(OCF)CC1)C1CCC(OCCCCCCO)CC1. The molecule has 4 nitrogen and oxygen atoms in total. The Kier molecular flexibility index (Phi) is 11.2. The zero-order chi connectivity index (χ0) is 19.3. The Morgan fingerprint density at radius 3 is 2.19 bits per heavy atom. The minimum absolute atomic E-state index is 0.0558. The monoisotopic (exact) mass is 384 g/mol. The quantitative estimate of drug-likeness (QED) is 0.390. The Morgan fingerprint density at radius 1 is 0.889 bits per heavy atom. The summed E-state index contributed by atoms with van der Waals surface area (Å²) >= 11 is 0. The van der Waals surface area contributed by atoms with Gasteiger partial charge in [0, 0.05) is 19.1 Å². The van der Waals surface area contributed by atoms with Gasteiger partial charge < -0.3 is 14.6 Å². The second kappa shape index (κ2) is 13.4. The number of allylic oxidation sites excluding steroid dienone is 2. The van der Waals surface area contributed by atoms with Crippen molar-refractivity contribution in [3.8, 4) is 0 Å². The second-order valence-electron chi connectivity index (χ2n) is 8.06. The minimum atomic E-state index is -0.695. The van der Waals surface area contributed by atoms with E-state index in [2.05, 4.69) is 6.08 Å². The van der Waals surface area contributed by atoms with Crippen LogP contribution in [0.4, 0.5) is 4.39 Å². The lowest BCUT2D eigenvalue weighted by Crippen LogP contribution is -2.26. The molecule has 0 aromatic rings. The van der Waals surface area contributed by atoms with Gasteiger partial charge in [-0.15, -0.1) is 0 Å². The third-order valence-electron chi connectivity index (χ3n) is 6.03. The smallest absolute Gasteiger partial charge is 0.188 e. The Hall–Kier alpha value is -0.780. The van der Waals surface area contributed by atoms with E-state index in [1.54, 1.807) is 6.08 Å². The first-order chi connectivity index (χ1) is 13.2. The van der Waals surface area contributed by atoms with Crippen LogP contribution in [0.3, 0.4) is 0 Å². The lowest BCUT2D eigenvalue weighted by atomic mass is 9.83. The highest BCUT2D eigenvalue weighted by Gasteiger charge is 2.26. The normalized spacial score (nSPS) is 29.3. The molecule has 0 atom stereocenters. The van der Waals surface area contributed by atoms with Gasteiger partial charge in [-0.3, -0.25) is 4.79 Å². The molecular formula is C22H37FO4. The standard InChI is InChI=1S/C22H37FO4/c23-17-27-21-10-5-18(6-11-21)7-14-22(25)19-8-12-20(13-9-19)26-16-4-2-1-3-15-24/h7,14,18-21,24H,1-6,8-13,15-17H2. The number of hydrogen-bond donors (Lipinski definition) is 1. The number of rotatable bonds is 12. The summed E-state index contributed by atoms with van der Waals surface area (Å²) in [6.45, 7) is 0.380. The zero-order valence-electron chi connectivity index (χ0n) is 16.6. The summed E-state index contributed by atoms with van der Waals surface area (Å²) in [7, 11) is 0. The van der Waals surface area contributed by atoms with E-state index >= 15 is 0 Å². The summed E-state index contributed by atoms with van der Waals surface area (Å²) < 4.78 is 23.2. The van der Waals surface area contributed by atoms with Gasteiger partial charge in [0.25, 0.3) is 0 Å². The van der Waals surface area contributed by atoms with Crippen molar-refractivity contribution in [1.29, 1.82) is 0 Å². The number of carbonyl (C=O) groups excluding carboxylic acids is 1. The number of ether oxygens (including phenoxy) is 2. The fraction of sp³-hybridized carbons (Fsp3) is 0.864. The number of carbonyl (C=O) groups is 1. The molecule has 0 spiro atoms. The highest BCUT2D eigenvalue weighted by molar-refractivity contribution is 5.91. The van der Waals surface area contributed by atoms with E-state index in [-0.39, 0.29) is 24.4 Å². The molecule has 2 fully saturated rings. The van der Waals surface area contributed by atoms with Crippen LogP contribution in [0.2, 0.25) is 0 Å². The first-order valence-electron chi connectivity index (χ1n) is 10.8. The topological polar surface area (TPSA) is 55.8 Å². The van der Waals surface area contributed by atoms with Gasteiger partial charge in [-0.05, 0) is 76.2 Å². The van der Waals surface area contributed by atoms with E-state index in [1.165, 1.54) is 0 Å². The maximum Gasteiger partial charge on any atom is 0.188 e. The first-order valence-corrected chi connectivity index (χ1v) is 10.8. The van der Waals surface area contributed by atoms with E-state index in [1.807, 2.05) is 0 Å². The van der Waals surface area contributed by atoms with Crippen molar-refractivity contribution in [3.63, 3.8) is 0 Å². The van der Waals surface area contributed by atoms with Crippen molar-refractivity contribution in [2.45, 2.75) is 89.3 Å². The van der Waals surface area contributed by atoms with Crippen molar-refractivity contribution in [1.82, 2.24) is 0 Å². The zero-order valence-corrected chi connectivity index (χ0v) is 16.6. The Morgan fingerprint density at radius 2 is 1.52 bits per heavy atom. The molecule has 0 heterocycles. The molecule has 0 amide bonds. The van der Waals surface area contributed by atoms with E-state index < -0.39 is 6.86 Å². The molecule has 156 valence electrons. The van der Waals surface area contributed by atoms with Crippen LogP contribution in [0.1, 0.15) is 77.0 Å². The number of hydrogen-bond acceptors (Lipinski definition) is 4. The van der Waals surface area contributed by atoms with Crippen molar-refractivity contribution in [2.75, 3.05) is 20.1 Å². The molecule has 0 unspecified atom stereocenters. The molecule has 27 heavy (non-hydrogen) atoms. The highest BCUT2D eigenvalue weighted by atomic mass is 19.1. The molecule has 2 saturated carbocycles. The van der Waals surface area contributed by atoms with E-state index in [4.69, 9.17) is 14.6 Å². The minimum Gasteiger partial charge on any atom is -0.396 e. The maximum atomic E-state index is 12.5. The number of aliphatic hydroxyl groups is 1. The van der Waals surface area contributed by atoms with Crippen LogP contribution in [0.15, 0.2) is 12.2 Å². The summed E-state index contributed by atoms with van der Waals surface area (Å²) in [5, 5.41) is 8.76. The summed E-state index contributed by atoms with van der Waals surface area (Å²) in [5.41, 5.74) is 0. The number of alkyl halides is 1. The van der Waals surface area contributed by atoms with Crippen LogP contribution in [0.25, 0.3) is 0 Å². The lowest BCUT2D eigenvalue weighted by Gasteiger charge is -2.28. The first kappa shape index (κ1) is 22.5. The molecule has 0 aromatic heterocycles. The van der Waals surface area contributed by atoms with Crippen LogP contribution in [-0.2, 0) is 14.3 Å². The highest BCUT2D eigenvalue weighted by Crippen LogP contribution is 2.29. The van der Waals surface area contributed by atoms with E-state index in [9.17, 15) is 9.18 Å². The molecule has 0 radical (unpaired) electrons. The number of unbranched alkanes of at least 4 members (excludes halogenated alkanes) is 3. The summed E-state index contributed by atoms with van der Waals surface area (Å²) in [6, 6.07) is 0. The van der Waals surface area contributed by atoms with Crippen molar-refractivity contribution in [3.05, 3.63) is 12.2 Å². The Bertz CT molecular complexity index is 424. The lowest BCUT2D eigenvalue weighted by molar-refractivity contribution is -0.120. The summed E-state index contributed by atoms with van der Waals surface area (Å²) in [5.74, 6) is 0.843. The molecule has 1 N–H and O–H groups in total. The third-order valence-corrected chi connectivity index (χ3v) is 6.03. The van der Waals surface area contributed by atoms with Crippen LogP contribution in [-0.4, -0.2) is 43.2 Å². The van der Waals surface area contributed by atoms with E-state index in [0.29, 0.717) is 12.0 Å². The largest absolute Gasteiger partial charge is 0.396 e. The van der Waals surface area contributed by atoms with Gasteiger partial charge in [0.05, 0.1) is 12.2 Å². The summed E-state index contributed by atoms with van der Waals surface area (Å²) in [4.78, 5) is 12.5. The second-order valence-corrected chi connectivity index (χ2v) is 8.06. The Labute approximate surface area is 163 Å². The average Bonchev–Trinajstić information content (AvgIpc) is 2.70.